The van der Waals surface area contributed by atoms with Gasteiger partial charge in [0.05, 0.1) is 18.8 Å². The first kappa shape index (κ1) is 21.9. The minimum atomic E-state index is -1.57. The molecule has 11 heteroatoms. The predicted octanol–water partition coefficient (Wildman–Crippen LogP) is 1.52. The highest BCUT2D eigenvalue weighted by Crippen LogP contribution is 2.31. The van der Waals surface area contributed by atoms with Crippen molar-refractivity contribution >= 4 is 5.84 Å². The maximum absolute atomic E-state index is 13.6. The number of ether oxygens (including phenoxy) is 1. The van der Waals surface area contributed by atoms with Gasteiger partial charge in [-0.2, -0.15) is 0 Å². The van der Waals surface area contributed by atoms with E-state index in [0.717, 1.165) is 12.1 Å². The van der Waals surface area contributed by atoms with E-state index in [-0.39, 0.29) is 17.7 Å². The SMILES string of the molecule is C=CN=C(C1CC(n2cc(-c3cc(F)c(F)c(F)c3)nn2)C(O)C(CO)O1)N(C)C. The van der Waals surface area contributed by atoms with Crippen LogP contribution in [0.4, 0.5) is 13.2 Å². The van der Waals surface area contributed by atoms with Crippen molar-refractivity contribution < 1.29 is 28.1 Å². The van der Waals surface area contributed by atoms with Gasteiger partial charge in [0.15, 0.2) is 17.5 Å². The lowest BCUT2D eigenvalue weighted by molar-refractivity contribution is -0.138. The van der Waals surface area contributed by atoms with Crippen LogP contribution >= 0.6 is 0 Å². The van der Waals surface area contributed by atoms with E-state index in [1.54, 1.807) is 19.0 Å². The van der Waals surface area contributed by atoms with E-state index in [1.165, 1.54) is 17.1 Å². The van der Waals surface area contributed by atoms with Gasteiger partial charge in [-0.1, -0.05) is 11.8 Å². The van der Waals surface area contributed by atoms with Crippen molar-refractivity contribution in [2.24, 2.45) is 4.99 Å². The quantitative estimate of drug-likeness (QED) is 0.429. The van der Waals surface area contributed by atoms with Crippen molar-refractivity contribution in [3.05, 3.63) is 48.6 Å². The predicted molar refractivity (Wildman–Crippen MR) is 102 cm³/mol. The molecule has 8 nitrogen and oxygen atoms in total. The summed E-state index contributed by atoms with van der Waals surface area (Å²) >= 11 is 0. The molecule has 162 valence electrons. The molecule has 1 saturated heterocycles. The van der Waals surface area contributed by atoms with E-state index in [0.29, 0.717) is 5.84 Å². The molecule has 2 aromatic rings. The van der Waals surface area contributed by atoms with Gasteiger partial charge in [0, 0.05) is 32.3 Å². The number of likely N-dealkylation sites (N-methyl/N-ethyl adjacent to an activating group) is 1. The number of amidine groups is 1. The summed E-state index contributed by atoms with van der Waals surface area (Å²) in [7, 11) is 3.54. The van der Waals surface area contributed by atoms with Gasteiger partial charge < -0.3 is 19.8 Å². The van der Waals surface area contributed by atoms with Crippen LogP contribution in [-0.2, 0) is 4.74 Å². The third-order valence-corrected chi connectivity index (χ3v) is 4.85. The van der Waals surface area contributed by atoms with Gasteiger partial charge in [-0.15, -0.1) is 5.10 Å². The topological polar surface area (TPSA) is 96.0 Å². The Morgan fingerprint density at radius 3 is 2.60 bits per heavy atom. The Morgan fingerprint density at radius 2 is 2.03 bits per heavy atom. The van der Waals surface area contributed by atoms with Crippen molar-refractivity contribution in [1.82, 2.24) is 19.9 Å². The van der Waals surface area contributed by atoms with E-state index in [2.05, 4.69) is 21.9 Å². The first-order chi connectivity index (χ1) is 14.3. The summed E-state index contributed by atoms with van der Waals surface area (Å²) in [6.07, 6.45) is 0.343. The average molecular weight is 425 g/mol. The maximum atomic E-state index is 13.6. The zero-order valence-corrected chi connectivity index (χ0v) is 16.4. The Kier molecular flexibility index (Phi) is 6.54. The second-order valence-corrected chi connectivity index (χ2v) is 7.04. The Bertz CT molecular complexity index is 926. The summed E-state index contributed by atoms with van der Waals surface area (Å²) in [6.45, 7) is 3.14. The molecule has 0 amide bonds. The highest BCUT2D eigenvalue weighted by molar-refractivity contribution is 5.87. The Morgan fingerprint density at radius 1 is 1.37 bits per heavy atom. The number of aromatic nitrogens is 3. The first-order valence-corrected chi connectivity index (χ1v) is 9.13. The number of rotatable bonds is 5. The molecule has 1 aromatic carbocycles. The van der Waals surface area contributed by atoms with Crippen LogP contribution in [0.5, 0.6) is 0 Å². The Labute approximate surface area is 170 Å². The molecule has 4 atom stereocenters. The smallest absolute Gasteiger partial charge is 0.194 e. The minimum absolute atomic E-state index is 0.00309. The molecular weight excluding hydrogens is 403 g/mol. The van der Waals surface area contributed by atoms with Gasteiger partial charge in [-0.25, -0.2) is 22.8 Å². The lowest BCUT2D eigenvalue weighted by atomic mass is 9.94. The highest BCUT2D eigenvalue weighted by atomic mass is 19.2. The summed E-state index contributed by atoms with van der Waals surface area (Å²) in [4.78, 5) is 5.93. The second kappa shape index (κ2) is 8.94. The van der Waals surface area contributed by atoms with E-state index in [4.69, 9.17) is 4.74 Å². The van der Waals surface area contributed by atoms with Crippen molar-refractivity contribution in [2.75, 3.05) is 20.7 Å². The number of nitrogens with zero attached hydrogens (tertiary/aromatic N) is 5. The summed E-state index contributed by atoms with van der Waals surface area (Å²) in [5.74, 6) is -3.73. The minimum Gasteiger partial charge on any atom is -0.394 e. The molecule has 0 aliphatic carbocycles. The first-order valence-electron chi connectivity index (χ1n) is 9.13. The van der Waals surface area contributed by atoms with Gasteiger partial charge in [-0.3, -0.25) is 0 Å². The normalized spacial score (nSPS) is 24.7. The molecule has 1 aliphatic heterocycles. The second-order valence-electron chi connectivity index (χ2n) is 7.04. The fourth-order valence-corrected chi connectivity index (χ4v) is 3.39. The average Bonchev–Trinajstić information content (AvgIpc) is 3.20. The molecule has 4 unspecified atom stereocenters. The summed E-state index contributed by atoms with van der Waals surface area (Å²) in [5, 5.41) is 28.1. The van der Waals surface area contributed by atoms with Crippen LogP contribution in [-0.4, -0.2) is 75.0 Å². The number of aliphatic imine (C=N–C) groups is 1. The van der Waals surface area contributed by atoms with Crippen molar-refractivity contribution in [3.63, 3.8) is 0 Å². The molecule has 1 fully saturated rings. The van der Waals surface area contributed by atoms with Gasteiger partial charge >= 0.3 is 0 Å². The number of aliphatic hydroxyl groups excluding tert-OH is 2. The number of hydrogen-bond donors (Lipinski definition) is 2. The third-order valence-electron chi connectivity index (χ3n) is 4.85. The van der Waals surface area contributed by atoms with Crippen LogP contribution in [0.15, 0.2) is 36.1 Å². The molecule has 0 saturated carbocycles. The summed E-state index contributed by atoms with van der Waals surface area (Å²) in [6, 6.07) is 0.952. The van der Waals surface area contributed by atoms with E-state index in [9.17, 15) is 23.4 Å². The fourth-order valence-electron chi connectivity index (χ4n) is 3.39. The van der Waals surface area contributed by atoms with Crippen molar-refractivity contribution in [2.45, 2.75) is 30.8 Å². The molecular formula is C19H22F3N5O3. The van der Waals surface area contributed by atoms with Crippen LogP contribution in [0.3, 0.4) is 0 Å². The zero-order valence-electron chi connectivity index (χ0n) is 16.4. The van der Waals surface area contributed by atoms with Gasteiger partial charge in [0.1, 0.15) is 29.8 Å². The van der Waals surface area contributed by atoms with Crippen LogP contribution in [0, 0.1) is 17.5 Å². The molecule has 1 aliphatic rings. The largest absolute Gasteiger partial charge is 0.394 e. The monoisotopic (exact) mass is 425 g/mol. The van der Waals surface area contributed by atoms with Crippen molar-refractivity contribution in [1.29, 1.82) is 0 Å². The van der Waals surface area contributed by atoms with Crippen LogP contribution in [0.25, 0.3) is 11.3 Å². The van der Waals surface area contributed by atoms with Crippen LogP contribution in [0.2, 0.25) is 0 Å². The molecule has 0 bridgehead atoms. The molecule has 3 rings (SSSR count). The third kappa shape index (κ3) is 4.23. The highest BCUT2D eigenvalue weighted by Gasteiger charge is 2.41. The lowest BCUT2D eigenvalue weighted by Crippen LogP contribution is -2.52. The summed E-state index contributed by atoms with van der Waals surface area (Å²) in [5.41, 5.74) is 0.0906. The van der Waals surface area contributed by atoms with E-state index in [1.807, 2.05) is 0 Å². The molecule has 0 radical (unpaired) electrons. The zero-order chi connectivity index (χ0) is 22.0. The number of hydrogen-bond acceptors (Lipinski definition) is 6. The molecule has 2 heterocycles. The standard InChI is InChI=1S/C19H22F3N5O3/c1-4-23-19(26(2)3)15-7-14(18(29)16(9-28)30-15)27-8-13(24-25-27)10-5-11(20)17(22)12(21)6-10/h4-6,8,14-16,18,28-29H,1,7,9H2,2-3H3. The number of benzene rings is 1. The van der Waals surface area contributed by atoms with E-state index < -0.39 is 48.4 Å². The molecule has 30 heavy (non-hydrogen) atoms. The molecule has 1 aromatic heterocycles. The molecule has 0 spiro atoms. The number of halogens is 3. The van der Waals surface area contributed by atoms with Crippen LogP contribution < -0.4 is 0 Å². The summed E-state index contributed by atoms with van der Waals surface area (Å²) < 4.78 is 47.4. The van der Waals surface area contributed by atoms with E-state index >= 15 is 0 Å². The fraction of sp³-hybridized carbons (Fsp3) is 0.421. The van der Waals surface area contributed by atoms with Gasteiger partial charge in [0.2, 0.25) is 0 Å². The Hall–Kier alpha value is -2.76. The van der Waals surface area contributed by atoms with Crippen LogP contribution in [0.1, 0.15) is 12.5 Å². The lowest BCUT2D eigenvalue weighted by Gasteiger charge is -2.39. The Balaban J connectivity index is 1.94. The van der Waals surface area contributed by atoms with Gasteiger partial charge in [0.25, 0.3) is 0 Å². The van der Waals surface area contributed by atoms with Crippen molar-refractivity contribution in [3.8, 4) is 11.3 Å². The number of aliphatic hydroxyl groups is 2. The molecule has 2 N–H and O–H groups in total. The van der Waals surface area contributed by atoms with Gasteiger partial charge in [-0.05, 0) is 12.1 Å². The maximum Gasteiger partial charge on any atom is 0.194 e.